The first-order chi connectivity index (χ1) is 14.9. The summed E-state index contributed by atoms with van der Waals surface area (Å²) in [5.74, 6) is 4.94. The van der Waals surface area contributed by atoms with Crippen molar-refractivity contribution in [1.82, 2.24) is 14.9 Å². The highest BCUT2D eigenvalue weighted by molar-refractivity contribution is 5.97. The fourth-order valence-corrected chi connectivity index (χ4v) is 2.47. The Kier molecular flexibility index (Phi) is 8.75. The number of nitrogen functional groups attached to an aromatic ring is 1. The number of carbonyl (C=O) groups excluding carboxylic acids is 2. The Balaban J connectivity index is 2.30. The Bertz CT molecular complexity index is 999. The maximum Gasteiger partial charge on any atom is 0.269 e. The maximum atomic E-state index is 11.9. The third kappa shape index (κ3) is 6.67. The van der Waals surface area contributed by atoms with Crippen molar-refractivity contribution in [3.05, 3.63) is 35.5 Å². The number of nitrogens with zero attached hydrogens (tertiary/aromatic N) is 3. The summed E-state index contributed by atoms with van der Waals surface area (Å²) < 4.78 is 10.4. The van der Waals surface area contributed by atoms with Crippen LogP contribution in [0.5, 0.6) is 5.88 Å². The van der Waals surface area contributed by atoms with Crippen molar-refractivity contribution >= 4 is 17.5 Å². The van der Waals surface area contributed by atoms with Crippen molar-refractivity contribution in [2.45, 2.75) is 6.42 Å². The zero-order valence-corrected chi connectivity index (χ0v) is 17.4. The molecule has 1 aromatic carbocycles. The molecule has 0 radical (unpaired) electrons. The highest BCUT2D eigenvalue weighted by Crippen LogP contribution is 2.26. The molecule has 1 heterocycles. The number of aliphatic hydroxyl groups is 1. The van der Waals surface area contributed by atoms with Gasteiger partial charge >= 0.3 is 0 Å². The van der Waals surface area contributed by atoms with E-state index in [1.165, 1.54) is 12.0 Å². The molecule has 0 aliphatic heterocycles. The first-order valence-electron chi connectivity index (χ1n) is 9.40. The average Bonchev–Trinajstić information content (AvgIpc) is 2.75. The molecule has 2 rings (SSSR count). The Morgan fingerprint density at radius 2 is 2.03 bits per heavy atom. The number of carbonyl (C=O) groups is 2. The van der Waals surface area contributed by atoms with Crippen LogP contribution >= 0.6 is 0 Å². The van der Waals surface area contributed by atoms with E-state index in [9.17, 15) is 9.59 Å². The van der Waals surface area contributed by atoms with Crippen LogP contribution in [-0.2, 0) is 9.53 Å². The van der Waals surface area contributed by atoms with Gasteiger partial charge in [0.2, 0.25) is 11.8 Å². The number of aliphatic hydroxyl groups excluding tert-OH is 1. The largest absolute Gasteiger partial charge is 0.474 e. The van der Waals surface area contributed by atoms with Crippen molar-refractivity contribution in [1.29, 1.82) is 0 Å². The number of methoxy groups -OCH3 is 1. The van der Waals surface area contributed by atoms with E-state index in [1.54, 1.807) is 31.3 Å². The molecule has 5 N–H and O–H groups in total. The lowest BCUT2D eigenvalue weighted by molar-refractivity contribution is -0.129. The molecular formula is C21H25N5O5. The van der Waals surface area contributed by atoms with Crippen molar-refractivity contribution in [2.24, 2.45) is 5.73 Å². The van der Waals surface area contributed by atoms with Crippen LogP contribution in [0, 0.1) is 11.8 Å². The van der Waals surface area contributed by atoms with Crippen molar-refractivity contribution in [3.63, 3.8) is 0 Å². The third-order valence-corrected chi connectivity index (χ3v) is 4.12. The van der Waals surface area contributed by atoms with Crippen LogP contribution in [-0.4, -0.2) is 72.3 Å². The second-order valence-electron chi connectivity index (χ2n) is 6.42. The van der Waals surface area contributed by atoms with Gasteiger partial charge in [0.1, 0.15) is 12.3 Å². The van der Waals surface area contributed by atoms with Crippen LogP contribution < -0.4 is 16.2 Å². The Morgan fingerprint density at radius 1 is 1.26 bits per heavy atom. The van der Waals surface area contributed by atoms with Gasteiger partial charge in [0.15, 0.2) is 11.5 Å². The van der Waals surface area contributed by atoms with Gasteiger partial charge in [-0.3, -0.25) is 9.59 Å². The van der Waals surface area contributed by atoms with Gasteiger partial charge < -0.3 is 30.9 Å². The number of likely N-dealkylation sites (N-methyl/N-ethyl adjacent to an activating group) is 1. The second kappa shape index (κ2) is 11.5. The number of hydrogen-bond donors (Lipinski definition) is 3. The van der Waals surface area contributed by atoms with Crippen molar-refractivity contribution in [3.8, 4) is 29.1 Å². The Hall–Kier alpha value is -3.68. The molecule has 0 spiro atoms. The number of anilines is 1. The summed E-state index contributed by atoms with van der Waals surface area (Å²) in [6.45, 7) is 0.632. The first kappa shape index (κ1) is 23.6. The van der Waals surface area contributed by atoms with Crippen LogP contribution in [0.25, 0.3) is 11.4 Å². The van der Waals surface area contributed by atoms with Gasteiger partial charge in [-0.2, -0.15) is 4.98 Å². The van der Waals surface area contributed by atoms with Crippen LogP contribution in [0.3, 0.4) is 0 Å². The summed E-state index contributed by atoms with van der Waals surface area (Å²) in [6, 6.07) is 6.96. The standard InChI is InChI=1S/C21H25N5O5/c1-26(9-10-27)16(28)8-4-6-14-5-3-7-15(13-14)20-24-18(19(23)29)17(22)21(25-20)31-12-11-30-2/h3,5,7,13,27H,8-12,22H2,1-2H3,(H2,23,29). The number of ether oxygens (including phenoxy) is 2. The summed E-state index contributed by atoms with van der Waals surface area (Å²) in [4.78, 5) is 33.5. The van der Waals surface area contributed by atoms with E-state index >= 15 is 0 Å². The molecule has 0 aliphatic rings. The highest BCUT2D eigenvalue weighted by atomic mass is 16.5. The predicted octanol–water partition coefficient (Wildman–Crippen LogP) is 0.0422. The van der Waals surface area contributed by atoms with Gasteiger partial charge in [-0.25, -0.2) is 4.98 Å². The Morgan fingerprint density at radius 3 is 2.71 bits per heavy atom. The summed E-state index contributed by atoms with van der Waals surface area (Å²) in [7, 11) is 3.12. The number of aromatic nitrogens is 2. The Labute approximate surface area is 180 Å². The number of amides is 2. The fourth-order valence-electron chi connectivity index (χ4n) is 2.47. The molecule has 1 aromatic heterocycles. The fraction of sp³-hybridized carbons (Fsp3) is 0.333. The van der Waals surface area contributed by atoms with E-state index in [1.807, 2.05) is 0 Å². The molecule has 0 unspecified atom stereocenters. The lowest BCUT2D eigenvalue weighted by Crippen LogP contribution is -2.28. The molecule has 0 fully saturated rings. The highest BCUT2D eigenvalue weighted by Gasteiger charge is 2.18. The summed E-state index contributed by atoms with van der Waals surface area (Å²) in [5, 5.41) is 8.88. The van der Waals surface area contributed by atoms with E-state index < -0.39 is 5.91 Å². The van der Waals surface area contributed by atoms with E-state index in [4.69, 9.17) is 26.0 Å². The number of hydrogen-bond acceptors (Lipinski definition) is 8. The molecule has 10 heteroatoms. The zero-order valence-electron chi connectivity index (χ0n) is 17.4. The topological polar surface area (TPSA) is 154 Å². The molecule has 10 nitrogen and oxygen atoms in total. The van der Waals surface area contributed by atoms with Gasteiger partial charge in [-0.15, -0.1) is 0 Å². The zero-order chi connectivity index (χ0) is 22.8. The number of rotatable bonds is 9. The van der Waals surface area contributed by atoms with Gasteiger partial charge in [-0.05, 0) is 12.1 Å². The van der Waals surface area contributed by atoms with Crippen LogP contribution in [0.1, 0.15) is 22.5 Å². The lowest BCUT2D eigenvalue weighted by Gasteiger charge is -2.13. The molecule has 164 valence electrons. The SMILES string of the molecule is COCCOc1nc(-c2cccc(C#CCC(=O)N(C)CCO)c2)nc(C(N)=O)c1N. The quantitative estimate of drug-likeness (QED) is 0.374. The summed E-state index contributed by atoms with van der Waals surface area (Å²) in [5.41, 5.74) is 12.3. The number of nitrogens with two attached hydrogens (primary N) is 2. The van der Waals surface area contributed by atoms with Crippen LogP contribution in [0.2, 0.25) is 0 Å². The monoisotopic (exact) mass is 427 g/mol. The van der Waals surface area contributed by atoms with Gasteiger partial charge in [0, 0.05) is 31.8 Å². The van der Waals surface area contributed by atoms with Crippen molar-refractivity contribution < 1.29 is 24.2 Å². The normalized spacial score (nSPS) is 10.2. The molecule has 0 aliphatic carbocycles. The molecular weight excluding hydrogens is 402 g/mol. The minimum absolute atomic E-state index is 0.0163. The summed E-state index contributed by atoms with van der Waals surface area (Å²) in [6.07, 6.45) is 0.0163. The maximum absolute atomic E-state index is 11.9. The summed E-state index contributed by atoms with van der Waals surface area (Å²) >= 11 is 0. The minimum atomic E-state index is -0.806. The average molecular weight is 427 g/mol. The molecule has 31 heavy (non-hydrogen) atoms. The molecule has 0 atom stereocenters. The molecule has 0 bridgehead atoms. The first-order valence-corrected chi connectivity index (χ1v) is 9.40. The van der Waals surface area contributed by atoms with Gasteiger partial charge in [0.25, 0.3) is 5.91 Å². The van der Waals surface area contributed by atoms with E-state index in [2.05, 4.69) is 21.8 Å². The van der Waals surface area contributed by atoms with Crippen LogP contribution in [0.15, 0.2) is 24.3 Å². The molecule has 2 aromatic rings. The van der Waals surface area contributed by atoms with Crippen molar-refractivity contribution in [2.75, 3.05) is 46.3 Å². The third-order valence-electron chi connectivity index (χ3n) is 4.12. The molecule has 0 saturated carbocycles. The lowest BCUT2D eigenvalue weighted by atomic mass is 10.1. The smallest absolute Gasteiger partial charge is 0.269 e. The predicted molar refractivity (Wildman–Crippen MR) is 114 cm³/mol. The number of benzene rings is 1. The second-order valence-corrected chi connectivity index (χ2v) is 6.42. The molecule has 2 amide bonds. The van der Waals surface area contributed by atoms with E-state index in [-0.39, 0.29) is 55.2 Å². The van der Waals surface area contributed by atoms with Gasteiger partial charge in [0.05, 0.1) is 19.6 Å². The molecule has 0 saturated heterocycles. The van der Waals surface area contributed by atoms with Gasteiger partial charge in [-0.1, -0.05) is 24.0 Å². The number of primary amides is 1. The van der Waals surface area contributed by atoms with Crippen LogP contribution in [0.4, 0.5) is 5.69 Å². The van der Waals surface area contributed by atoms with E-state index in [0.29, 0.717) is 17.7 Å². The van der Waals surface area contributed by atoms with E-state index in [0.717, 1.165) is 0 Å². The minimum Gasteiger partial charge on any atom is -0.474 e.